The highest BCUT2D eigenvalue weighted by Gasteiger charge is 2.41. The third-order valence-electron chi connectivity index (χ3n) is 6.10. The minimum absolute atomic E-state index is 0.00106. The van der Waals surface area contributed by atoms with Crippen LogP contribution in [0.5, 0.6) is 0 Å². The number of hydrogen-bond donors (Lipinski definition) is 0. The largest absolute Gasteiger partial charge is 0.0845 e. The molecule has 124 valence electrons. The Morgan fingerprint density at radius 3 is 2.71 bits per heavy atom. The van der Waals surface area contributed by atoms with Crippen molar-refractivity contribution in [3.05, 3.63) is 70.8 Å². The topological polar surface area (TPSA) is 0 Å². The molecule has 0 aromatic heterocycles. The molecule has 0 saturated carbocycles. The lowest BCUT2D eigenvalue weighted by molar-refractivity contribution is 0.350. The van der Waals surface area contributed by atoms with E-state index in [1.807, 2.05) is 6.07 Å². The monoisotopic (exact) mass is 336 g/mol. The normalized spacial score (nSPS) is 29.6. The van der Waals surface area contributed by atoms with Crippen LogP contribution in [0.3, 0.4) is 0 Å². The Kier molecular flexibility index (Phi) is 4.04. The minimum atomic E-state index is -0.00106. The molecule has 24 heavy (non-hydrogen) atoms. The third-order valence-corrected chi connectivity index (χ3v) is 6.33. The molecule has 0 aliphatic heterocycles. The first-order valence-electron chi connectivity index (χ1n) is 9.23. The first kappa shape index (κ1) is 16.0. The summed E-state index contributed by atoms with van der Waals surface area (Å²) in [6, 6.07) is 15.4. The number of benzene rings is 2. The van der Waals surface area contributed by atoms with Gasteiger partial charge in [-0.25, -0.2) is 0 Å². The molecule has 4 rings (SSSR count). The van der Waals surface area contributed by atoms with Crippen molar-refractivity contribution in [3.63, 3.8) is 0 Å². The van der Waals surface area contributed by atoms with E-state index in [1.165, 1.54) is 47.9 Å². The third kappa shape index (κ3) is 2.43. The van der Waals surface area contributed by atoms with Gasteiger partial charge in [-0.1, -0.05) is 74.4 Å². The first-order chi connectivity index (χ1) is 11.6. The maximum Gasteiger partial charge on any atom is 0.0409 e. The van der Waals surface area contributed by atoms with E-state index in [1.54, 1.807) is 0 Å². The van der Waals surface area contributed by atoms with Crippen LogP contribution in [0.2, 0.25) is 5.02 Å². The van der Waals surface area contributed by atoms with Crippen molar-refractivity contribution >= 4 is 11.6 Å². The van der Waals surface area contributed by atoms with Crippen LogP contribution in [0.15, 0.2) is 54.6 Å². The van der Waals surface area contributed by atoms with Crippen LogP contribution in [0.4, 0.5) is 0 Å². The summed E-state index contributed by atoms with van der Waals surface area (Å²) in [6.07, 6.45) is 10.00. The Morgan fingerprint density at radius 2 is 1.88 bits per heavy atom. The molecule has 1 spiro atoms. The molecule has 2 aromatic rings. The van der Waals surface area contributed by atoms with E-state index in [9.17, 15) is 0 Å². The maximum absolute atomic E-state index is 6.40. The van der Waals surface area contributed by atoms with Gasteiger partial charge in [0.05, 0.1) is 0 Å². The fourth-order valence-electron chi connectivity index (χ4n) is 4.76. The second kappa shape index (κ2) is 6.08. The van der Waals surface area contributed by atoms with E-state index in [4.69, 9.17) is 11.6 Å². The van der Waals surface area contributed by atoms with Crippen LogP contribution in [-0.4, -0.2) is 0 Å². The first-order valence-corrected chi connectivity index (χ1v) is 9.61. The molecule has 0 amide bonds. The quantitative estimate of drug-likeness (QED) is 0.491. The molecule has 0 N–H and O–H groups in total. The van der Waals surface area contributed by atoms with Crippen LogP contribution in [0.25, 0.3) is 11.1 Å². The average molecular weight is 337 g/mol. The van der Waals surface area contributed by atoms with E-state index in [0.717, 1.165) is 10.9 Å². The zero-order valence-electron chi connectivity index (χ0n) is 14.6. The molecule has 2 aliphatic carbocycles. The molecule has 3 atom stereocenters. The van der Waals surface area contributed by atoms with Crippen LogP contribution in [0, 0.1) is 11.8 Å². The number of rotatable bonds is 1. The van der Waals surface area contributed by atoms with Gasteiger partial charge in [0.2, 0.25) is 0 Å². The van der Waals surface area contributed by atoms with E-state index in [2.05, 4.69) is 62.4 Å². The standard InChI is InChI=1S/C23H25Cl/c1-3-17-11-13-23(12-10-16(2)14-17)21-7-5-4-6-19(21)20-9-8-18(24)15-22(20)23/h4-10,12,15-17H,3,11,13-14H2,1-2H3/b12-10+. The van der Waals surface area contributed by atoms with Gasteiger partial charge in [-0.05, 0) is 65.5 Å². The number of hydrogen-bond acceptors (Lipinski definition) is 0. The number of fused-ring (bicyclic) bond motifs is 5. The molecular formula is C23H25Cl. The lowest BCUT2D eigenvalue weighted by Crippen LogP contribution is -2.26. The Labute approximate surface area is 150 Å². The van der Waals surface area contributed by atoms with Crippen molar-refractivity contribution in [2.24, 2.45) is 11.8 Å². The summed E-state index contributed by atoms with van der Waals surface area (Å²) < 4.78 is 0. The number of halogens is 1. The van der Waals surface area contributed by atoms with Crippen molar-refractivity contribution in [1.82, 2.24) is 0 Å². The lowest BCUT2D eigenvalue weighted by Gasteiger charge is -2.33. The van der Waals surface area contributed by atoms with Gasteiger partial charge in [0, 0.05) is 10.4 Å². The smallest absolute Gasteiger partial charge is 0.0409 e. The summed E-state index contributed by atoms with van der Waals surface area (Å²) in [5, 5.41) is 0.844. The molecule has 3 unspecified atom stereocenters. The molecule has 0 heterocycles. The Bertz CT molecular complexity index is 788. The van der Waals surface area contributed by atoms with E-state index in [0.29, 0.717) is 5.92 Å². The molecule has 1 heteroatoms. The average Bonchev–Trinajstić information content (AvgIpc) is 2.85. The summed E-state index contributed by atoms with van der Waals surface area (Å²) >= 11 is 6.40. The lowest BCUT2D eigenvalue weighted by atomic mass is 9.70. The van der Waals surface area contributed by atoms with Gasteiger partial charge in [-0.15, -0.1) is 0 Å². The van der Waals surface area contributed by atoms with Crippen LogP contribution < -0.4 is 0 Å². The van der Waals surface area contributed by atoms with Crippen LogP contribution >= 0.6 is 11.6 Å². The molecule has 2 aromatic carbocycles. The second-order valence-corrected chi connectivity index (χ2v) is 8.03. The predicted octanol–water partition coefficient (Wildman–Crippen LogP) is 7.01. The van der Waals surface area contributed by atoms with Gasteiger partial charge in [-0.2, -0.15) is 0 Å². The van der Waals surface area contributed by atoms with Crippen LogP contribution in [0.1, 0.15) is 50.7 Å². The molecule has 0 saturated heterocycles. The fraction of sp³-hybridized carbons (Fsp3) is 0.391. The van der Waals surface area contributed by atoms with Gasteiger partial charge in [-0.3, -0.25) is 0 Å². The summed E-state index contributed by atoms with van der Waals surface area (Å²) in [6.45, 7) is 4.70. The molecule has 0 bridgehead atoms. The molecule has 0 fully saturated rings. The van der Waals surface area contributed by atoms with Crippen molar-refractivity contribution in [3.8, 4) is 11.1 Å². The highest BCUT2D eigenvalue weighted by atomic mass is 35.5. The van der Waals surface area contributed by atoms with Crippen molar-refractivity contribution < 1.29 is 0 Å². The zero-order valence-corrected chi connectivity index (χ0v) is 15.3. The summed E-state index contributed by atoms with van der Waals surface area (Å²) in [5.41, 5.74) is 5.61. The van der Waals surface area contributed by atoms with E-state index < -0.39 is 0 Å². The van der Waals surface area contributed by atoms with Gasteiger partial charge in [0.25, 0.3) is 0 Å². The van der Waals surface area contributed by atoms with Crippen molar-refractivity contribution in [2.75, 3.05) is 0 Å². The highest BCUT2D eigenvalue weighted by Crippen LogP contribution is 2.54. The van der Waals surface area contributed by atoms with E-state index >= 15 is 0 Å². The van der Waals surface area contributed by atoms with E-state index in [-0.39, 0.29) is 5.41 Å². The molecular weight excluding hydrogens is 312 g/mol. The molecule has 0 nitrogen and oxygen atoms in total. The zero-order chi connectivity index (χ0) is 16.7. The summed E-state index contributed by atoms with van der Waals surface area (Å²) in [4.78, 5) is 0. The second-order valence-electron chi connectivity index (χ2n) is 7.59. The van der Waals surface area contributed by atoms with Crippen LogP contribution in [-0.2, 0) is 5.41 Å². The Balaban J connectivity index is 1.94. The molecule has 2 aliphatic rings. The molecule has 0 radical (unpaired) electrons. The summed E-state index contributed by atoms with van der Waals surface area (Å²) in [5.74, 6) is 1.46. The minimum Gasteiger partial charge on any atom is -0.0845 e. The SMILES string of the molecule is CCC1CCC2(/C=C/C(C)C1)c1ccccc1-c1ccc(Cl)cc12. The van der Waals surface area contributed by atoms with Gasteiger partial charge in [0.15, 0.2) is 0 Å². The summed E-state index contributed by atoms with van der Waals surface area (Å²) in [7, 11) is 0. The highest BCUT2D eigenvalue weighted by molar-refractivity contribution is 6.30. The predicted molar refractivity (Wildman–Crippen MR) is 104 cm³/mol. The van der Waals surface area contributed by atoms with Gasteiger partial charge < -0.3 is 0 Å². The van der Waals surface area contributed by atoms with Gasteiger partial charge in [0.1, 0.15) is 0 Å². The van der Waals surface area contributed by atoms with Gasteiger partial charge >= 0.3 is 0 Å². The van der Waals surface area contributed by atoms with Crippen molar-refractivity contribution in [1.29, 1.82) is 0 Å². The van der Waals surface area contributed by atoms with Crippen molar-refractivity contribution in [2.45, 2.75) is 44.9 Å². The Hall–Kier alpha value is -1.53. The maximum atomic E-state index is 6.40. The number of allylic oxidation sites excluding steroid dienone is 2. The Morgan fingerprint density at radius 1 is 1.08 bits per heavy atom. The fourth-order valence-corrected chi connectivity index (χ4v) is 4.93.